The molecule has 1 aromatic rings. The summed E-state index contributed by atoms with van der Waals surface area (Å²) in [6, 6.07) is 9.15. The molecule has 0 unspecified atom stereocenters. The van der Waals surface area contributed by atoms with Gasteiger partial charge in [0.1, 0.15) is 6.54 Å². The molecule has 0 aromatic heterocycles. The Morgan fingerprint density at radius 2 is 1.86 bits per heavy atom. The number of ether oxygens (including phenoxy) is 2. The van der Waals surface area contributed by atoms with Gasteiger partial charge in [0.2, 0.25) is 0 Å². The largest absolute Gasteiger partial charge is 0.462 e. The van der Waals surface area contributed by atoms with Gasteiger partial charge in [-0.2, -0.15) is 0 Å². The molecule has 3 rings (SSSR count). The van der Waals surface area contributed by atoms with Crippen LogP contribution in [0.4, 0.5) is 0 Å². The summed E-state index contributed by atoms with van der Waals surface area (Å²) in [7, 11) is 1.98. The summed E-state index contributed by atoms with van der Waals surface area (Å²) in [4.78, 5) is 25.0. The number of hydrogen-bond acceptors (Lipinski definition) is 5. The molecular weight excluding hydrogens is 358 g/mol. The van der Waals surface area contributed by atoms with Gasteiger partial charge in [0, 0.05) is 12.3 Å². The van der Waals surface area contributed by atoms with Crippen molar-refractivity contribution in [3.8, 4) is 0 Å². The van der Waals surface area contributed by atoms with Crippen LogP contribution in [-0.2, 0) is 24.7 Å². The Balaban J connectivity index is 1.70. The van der Waals surface area contributed by atoms with E-state index in [4.69, 9.17) is 9.47 Å². The van der Waals surface area contributed by atoms with Crippen molar-refractivity contribution in [1.82, 2.24) is 0 Å². The van der Waals surface area contributed by atoms with Crippen LogP contribution in [0.25, 0.3) is 0 Å². The molecule has 0 radical (unpaired) electrons. The summed E-state index contributed by atoms with van der Waals surface area (Å²) in [6.07, 6.45) is 4.06. The minimum Gasteiger partial charge on any atom is -0.462 e. The molecule has 6 nitrogen and oxygen atoms in total. The number of benzene rings is 1. The molecule has 154 valence electrons. The predicted molar refractivity (Wildman–Crippen MR) is 104 cm³/mol. The van der Waals surface area contributed by atoms with Gasteiger partial charge in [0.15, 0.2) is 18.2 Å². The molecule has 1 heterocycles. The zero-order chi connectivity index (χ0) is 20.2. The SMILES string of the molecule is CCOC(=O)C[N@+]1(C)CC[C@@H](OC(=O)[C@](O)(c2ccccc2)C2CCCC2)C1. The van der Waals surface area contributed by atoms with Gasteiger partial charge < -0.3 is 19.1 Å². The van der Waals surface area contributed by atoms with E-state index in [0.717, 1.165) is 32.2 Å². The van der Waals surface area contributed by atoms with Gasteiger partial charge in [-0.15, -0.1) is 0 Å². The first kappa shape index (κ1) is 20.8. The van der Waals surface area contributed by atoms with E-state index in [1.54, 1.807) is 19.1 Å². The van der Waals surface area contributed by atoms with E-state index in [0.29, 0.717) is 29.6 Å². The van der Waals surface area contributed by atoms with E-state index < -0.39 is 11.6 Å². The number of hydrogen-bond donors (Lipinski definition) is 1. The Hall–Kier alpha value is -1.92. The highest BCUT2D eigenvalue weighted by molar-refractivity contribution is 5.81. The number of aliphatic hydroxyl groups is 1. The third-order valence-corrected chi connectivity index (χ3v) is 6.20. The normalized spacial score (nSPS) is 27.3. The van der Waals surface area contributed by atoms with Crippen LogP contribution < -0.4 is 0 Å². The van der Waals surface area contributed by atoms with Crippen molar-refractivity contribution in [2.75, 3.05) is 33.3 Å². The summed E-state index contributed by atoms with van der Waals surface area (Å²) in [5.41, 5.74) is -1.00. The number of quaternary nitrogens is 1. The lowest BCUT2D eigenvalue weighted by Gasteiger charge is -2.33. The fraction of sp³-hybridized carbons (Fsp3) is 0.636. The number of carbonyl (C=O) groups is 2. The van der Waals surface area contributed by atoms with Crippen molar-refractivity contribution in [3.05, 3.63) is 35.9 Å². The summed E-state index contributed by atoms with van der Waals surface area (Å²) >= 11 is 0. The van der Waals surface area contributed by atoms with Gasteiger partial charge in [-0.05, 0) is 25.3 Å². The zero-order valence-electron chi connectivity index (χ0n) is 16.9. The highest BCUT2D eigenvalue weighted by atomic mass is 16.6. The number of likely N-dealkylation sites (tertiary alicyclic amines) is 1. The lowest BCUT2D eigenvalue weighted by atomic mass is 9.80. The second-order valence-electron chi connectivity index (χ2n) is 8.42. The molecule has 0 bridgehead atoms. The highest BCUT2D eigenvalue weighted by Gasteiger charge is 2.50. The molecular formula is C22H32NO5+. The Labute approximate surface area is 167 Å². The van der Waals surface area contributed by atoms with Crippen molar-refractivity contribution in [3.63, 3.8) is 0 Å². The molecule has 0 spiro atoms. The fourth-order valence-corrected chi connectivity index (χ4v) is 4.69. The molecule has 1 saturated heterocycles. The summed E-state index contributed by atoms with van der Waals surface area (Å²) in [5, 5.41) is 11.5. The second kappa shape index (κ2) is 8.62. The first-order valence-electron chi connectivity index (χ1n) is 10.4. The van der Waals surface area contributed by atoms with Gasteiger partial charge >= 0.3 is 11.9 Å². The number of esters is 2. The average molecular weight is 391 g/mol. The molecule has 2 fully saturated rings. The third kappa shape index (κ3) is 4.39. The molecule has 28 heavy (non-hydrogen) atoms. The molecule has 1 aliphatic carbocycles. The van der Waals surface area contributed by atoms with Crippen molar-refractivity contribution in [1.29, 1.82) is 0 Å². The predicted octanol–water partition coefficient (Wildman–Crippen LogP) is 2.39. The molecule has 1 N–H and O–H groups in total. The maximum absolute atomic E-state index is 13.2. The van der Waals surface area contributed by atoms with Gasteiger partial charge in [0.05, 0.1) is 20.2 Å². The molecule has 0 amide bonds. The third-order valence-electron chi connectivity index (χ3n) is 6.20. The van der Waals surface area contributed by atoms with Gasteiger partial charge in [-0.3, -0.25) is 0 Å². The first-order valence-corrected chi connectivity index (χ1v) is 10.4. The molecule has 3 atom stereocenters. The van der Waals surface area contributed by atoms with Gasteiger partial charge in [-0.25, -0.2) is 9.59 Å². The van der Waals surface area contributed by atoms with Crippen molar-refractivity contribution in [2.24, 2.45) is 5.92 Å². The second-order valence-corrected chi connectivity index (χ2v) is 8.42. The minimum absolute atomic E-state index is 0.121. The Morgan fingerprint density at radius 1 is 1.18 bits per heavy atom. The average Bonchev–Trinajstić information content (AvgIpc) is 3.32. The van der Waals surface area contributed by atoms with Crippen LogP contribution in [0.2, 0.25) is 0 Å². The van der Waals surface area contributed by atoms with E-state index in [1.165, 1.54) is 0 Å². The Morgan fingerprint density at radius 3 is 2.50 bits per heavy atom. The van der Waals surface area contributed by atoms with E-state index in [-0.39, 0.29) is 24.5 Å². The molecule has 1 aromatic carbocycles. The monoisotopic (exact) mass is 390 g/mol. The number of rotatable bonds is 7. The number of nitrogens with zero attached hydrogens (tertiary/aromatic N) is 1. The summed E-state index contributed by atoms with van der Waals surface area (Å²) in [5.74, 6) is -0.909. The van der Waals surface area contributed by atoms with Crippen molar-refractivity contribution in [2.45, 2.75) is 50.7 Å². The first-order chi connectivity index (χ1) is 13.4. The van der Waals surface area contributed by atoms with E-state index in [9.17, 15) is 14.7 Å². The van der Waals surface area contributed by atoms with Crippen molar-refractivity contribution < 1.29 is 28.7 Å². The maximum atomic E-state index is 13.2. The minimum atomic E-state index is -1.61. The number of likely N-dealkylation sites (N-methyl/N-ethyl adjacent to an activating group) is 1. The van der Waals surface area contributed by atoms with E-state index in [1.807, 2.05) is 25.2 Å². The number of carbonyl (C=O) groups excluding carboxylic acids is 2. The van der Waals surface area contributed by atoms with Crippen LogP contribution in [0.3, 0.4) is 0 Å². The van der Waals surface area contributed by atoms with Crippen LogP contribution >= 0.6 is 0 Å². The van der Waals surface area contributed by atoms with Crippen LogP contribution in [-0.4, -0.2) is 60.9 Å². The Kier molecular flexibility index (Phi) is 6.40. The summed E-state index contributed by atoms with van der Waals surface area (Å²) in [6.45, 7) is 3.72. The van der Waals surface area contributed by atoms with Gasteiger partial charge in [0.25, 0.3) is 0 Å². The van der Waals surface area contributed by atoms with E-state index >= 15 is 0 Å². The quantitative estimate of drug-likeness (QED) is 0.572. The zero-order valence-corrected chi connectivity index (χ0v) is 16.9. The molecule has 6 heteroatoms. The van der Waals surface area contributed by atoms with Crippen LogP contribution in [0.15, 0.2) is 30.3 Å². The van der Waals surface area contributed by atoms with Crippen LogP contribution in [0.1, 0.15) is 44.6 Å². The standard InChI is InChI=1S/C22H32NO5/c1-3-27-20(24)16-23(2)14-13-19(15-23)28-21(25)22(26,18-11-7-8-12-18)17-9-5-4-6-10-17/h4-6,9-10,18-19,26H,3,7-8,11-16H2,1-2H3/q+1/t19-,22+,23-/m1/s1. The Bertz CT molecular complexity index is 687. The molecule has 2 aliphatic rings. The van der Waals surface area contributed by atoms with Crippen LogP contribution in [0, 0.1) is 5.92 Å². The maximum Gasteiger partial charge on any atom is 0.361 e. The van der Waals surface area contributed by atoms with Gasteiger partial charge in [-0.1, -0.05) is 43.2 Å². The smallest absolute Gasteiger partial charge is 0.361 e. The molecule has 1 saturated carbocycles. The molecule has 1 aliphatic heterocycles. The lowest BCUT2D eigenvalue weighted by molar-refractivity contribution is -0.891. The van der Waals surface area contributed by atoms with E-state index in [2.05, 4.69) is 0 Å². The highest BCUT2D eigenvalue weighted by Crippen LogP contribution is 2.42. The van der Waals surface area contributed by atoms with Crippen LogP contribution in [0.5, 0.6) is 0 Å². The fourth-order valence-electron chi connectivity index (χ4n) is 4.69. The topological polar surface area (TPSA) is 72.8 Å². The summed E-state index contributed by atoms with van der Waals surface area (Å²) < 4.78 is 11.4. The lowest BCUT2D eigenvalue weighted by Crippen LogP contribution is -2.48. The van der Waals surface area contributed by atoms with Crippen molar-refractivity contribution >= 4 is 11.9 Å².